The zero-order chi connectivity index (χ0) is 14.0. The molecule has 0 aliphatic carbocycles. The minimum Gasteiger partial charge on any atom is -0.325 e. The quantitative estimate of drug-likeness (QED) is 0.863. The molecule has 19 heavy (non-hydrogen) atoms. The molecule has 0 unspecified atom stereocenters. The van der Waals surface area contributed by atoms with Crippen LogP contribution in [0.1, 0.15) is 16.8 Å². The Labute approximate surface area is 117 Å². The Hall–Kier alpha value is -1.93. The molecule has 0 spiro atoms. The molecule has 0 fully saturated rings. The average Bonchev–Trinajstić information content (AvgIpc) is 2.38. The van der Waals surface area contributed by atoms with Gasteiger partial charge in [0.05, 0.1) is 0 Å². The van der Waals surface area contributed by atoms with Gasteiger partial charge in [0.15, 0.2) is 0 Å². The van der Waals surface area contributed by atoms with Gasteiger partial charge < -0.3 is 4.98 Å². The van der Waals surface area contributed by atoms with E-state index in [1.165, 1.54) is 6.07 Å². The molecule has 3 nitrogen and oxygen atoms in total. The Morgan fingerprint density at radius 3 is 2.74 bits per heavy atom. The van der Waals surface area contributed by atoms with Gasteiger partial charge in [-0.3, -0.25) is 4.79 Å². The second kappa shape index (κ2) is 5.37. The summed E-state index contributed by atoms with van der Waals surface area (Å²) in [6.07, 6.45) is 0. The first-order chi connectivity index (χ1) is 9.06. The van der Waals surface area contributed by atoms with E-state index in [4.69, 9.17) is 5.26 Å². The van der Waals surface area contributed by atoms with Crippen molar-refractivity contribution < 1.29 is 4.39 Å². The molecule has 96 valence electrons. The second-order valence-electron chi connectivity index (χ2n) is 4.13. The van der Waals surface area contributed by atoms with Crippen LogP contribution in [-0.2, 0) is 5.33 Å². The van der Waals surface area contributed by atoms with Crippen molar-refractivity contribution in [3.8, 4) is 17.2 Å². The van der Waals surface area contributed by atoms with E-state index in [0.29, 0.717) is 16.6 Å². The normalized spacial score (nSPS) is 10.2. The van der Waals surface area contributed by atoms with Gasteiger partial charge in [-0.1, -0.05) is 22.0 Å². The Morgan fingerprint density at radius 1 is 1.37 bits per heavy atom. The highest BCUT2D eigenvalue weighted by atomic mass is 79.9. The van der Waals surface area contributed by atoms with Gasteiger partial charge in [0.1, 0.15) is 17.4 Å². The summed E-state index contributed by atoms with van der Waals surface area (Å²) in [6.45, 7) is 1.69. The smallest absolute Gasteiger partial charge is 0.266 e. The standard InChI is InChI=1S/C14H10BrFN2O/c1-8-4-10(12(7-17)14(19)18-8)11-5-9(6-15)2-3-13(11)16/h2-5H,6H2,1H3,(H,18,19). The number of aryl methyl sites for hydroxylation is 1. The largest absolute Gasteiger partial charge is 0.325 e. The fourth-order valence-corrected chi connectivity index (χ4v) is 2.22. The van der Waals surface area contributed by atoms with Gasteiger partial charge in [-0.15, -0.1) is 0 Å². The molecule has 0 bridgehead atoms. The Bertz CT molecular complexity index is 731. The van der Waals surface area contributed by atoms with E-state index in [2.05, 4.69) is 20.9 Å². The number of nitrogens with one attached hydrogen (secondary N) is 1. The Morgan fingerprint density at radius 2 is 2.11 bits per heavy atom. The first-order valence-electron chi connectivity index (χ1n) is 5.55. The lowest BCUT2D eigenvalue weighted by Crippen LogP contribution is -2.13. The molecule has 5 heteroatoms. The molecule has 2 rings (SSSR count). The molecule has 1 N–H and O–H groups in total. The van der Waals surface area contributed by atoms with E-state index in [0.717, 1.165) is 5.56 Å². The van der Waals surface area contributed by atoms with Crippen LogP contribution in [0, 0.1) is 24.1 Å². The summed E-state index contributed by atoms with van der Waals surface area (Å²) >= 11 is 3.30. The topological polar surface area (TPSA) is 56.6 Å². The van der Waals surface area contributed by atoms with E-state index in [1.807, 2.05) is 6.07 Å². The summed E-state index contributed by atoms with van der Waals surface area (Å²) < 4.78 is 13.9. The molecular weight excluding hydrogens is 311 g/mol. The van der Waals surface area contributed by atoms with Crippen molar-refractivity contribution in [2.45, 2.75) is 12.3 Å². The minimum atomic E-state index is -0.499. The van der Waals surface area contributed by atoms with Gasteiger partial charge in [-0.2, -0.15) is 5.26 Å². The van der Waals surface area contributed by atoms with Crippen LogP contribution in [0.25, 0.3) is 11.1 Å². The predicted octanol–water partition coefficient (Wildman–Crippen LogP) is 3.26. The summed E-state index contributed by atoms with van der Waals surface area (Å²) in [5.41, 5.74) is 1.48. The van der Waals surface area contributed by atoms with Crippen LogP contribution in [0.5, 0.6) is 0 Å². The van der Waals surface area contributed by atoms with Crippen LogP contribution in [0.2, 0.25) is 0 Å². The van der Waals surface area contributed by atoms with Crippen LogP contribution < -0.4 is 5.56 Å². The van der Waals surface area contributed by atoms with Crippen molar-refractivity contribution in [2.24, 2.45) is 0 Å². The predicted molar refractivity (Wildman–Crippen MR) is 74.5 cm³/mol. The van der Waals surface area contributed by atoms with Crippen molar-refractivity contribution in [1.29, 1.82) is 5.26 Å². The number of pyridine rings is 1. The number of rotatable bonds is 2. The van der Waals surface area contributed by atoms with Crippen molar-refractivity contribution in [2.75, 3.05) is 0 Å². The Kier molecular flexibility index (Phi) is 3.82. The van der Waals surface area contributed by atoms with Gasteiger partial charge in [0, 0.05) is 22.2 Å². The molecule has 0 aliphatic heterocycles. The zero-order valence-electron chi connectivity index (χ0n) is 10.1. The molecule has 0 saturated carbocycles. The molecule has 0 aliphatic rings. The maximum Gasteiger partial charge on any atom is 0.266 e. The molecule has 0 saturated heterocycles. The summed E-state index contributed by atoms with van der Waals surface area (Å²) in [7, 11) is 0. The van der Waals surface area contributed by atoms with Gasteiger partial charge in [-0.25, -0.2) is 4.39 Å². The van der Waals surface area contributed by atoms with Crippen molar-refractivity contribution in [3.05, 3.63) is 57.3 Å². The highest BCUT2D eigenvalue weighted by Crippen LogP contribution is 2.26. The van der Waals surface area contributed by atoms with Crippen molar-refractivity contribution in [1.82, 2.24) is 4.98 Å². The lowest BCUT2D eigenvalue weighted by atomic mass is 9.99. The number of alkyl halides is 1. The molecule has 2 aromatic rings. The summed E-state index contributed by atoms with van der Waals surface area (Å²) in [6, 6.07) is 8.07. The third-order valence-corrected chi connectivity index (χ3v) is 3.40. The Balaban J connectivity index is 2.79. The maximum absolute atomic E-state index is 13.9. The zero-order valence-corrected chi connectivity index (χ0v) is 11.7. The molecule has 1 aromatic heterocycles. The number of nitriles is 1. The molecule has 0 amide bonds. The number of nitrogens with zero attached hydrogens (tertiary/aromatic N) is 1. The lowest BCUT2D eigenvalue weighted by Gasteiger charge is -2.08. The molecular formula is C14H10BrFN2O. The number of aromatic amines is 1. The van der Waals surface area contributed by atoms with Crippen LogP contribution in [0.15, 0.2) is 29.1 Å². The van der Waals surface area contributed by atoms with Crippen LogP contribution in [0.3, 0.4) is 0 Å². The minimum absolute atomic E-state index is 0.0729. The van der Waals surface area contributed by atoms with Crippen molar-refractivity contribution in [3.63, 3.8) is 0 Å². The van der Waals surface area contributed by atoms with Gasteiger partial charge in [-0.05, 0) is 30.7 Å². The maximum atomic E-state index is 13.9. The van der Waals surface area contributed by atoms with E-state index >= 15 is 0 Å². The monoisotopic (exact) mass is 320 g/mol. The molecule has 1 heterocycles. The summed E-state index contributed by atoms with van der Waals surface area (Å²) in [5.74, 6) is -0.453. The highest BCUT2D eigenvalue weighted by Gasteiger charge is 2.14. The van der Waals surface area contributed by atoms with E-state index in [1.54, 1.807) is 25.1 Å². The molecule has 1 aromatic carbocycles. The van der Waals surface area contributed by atoms with Crippen molar-refractivity contribution >= 4 is 15.9 Å². The van der Waals surface area contributed by atoms with Crippen LogP contribution >= 0.6 is 15.9 Å². The van der Waals surface area contributed by atoms with Crippen LogP contribution in [-0.4, -0.2) is 4.98 Å². The third-order valence-electron chi connectivity index (χ3n) is 2.75. The van der Waals surface area contributed by atoms with Gasteiger partial charge >= 0.3 is 0 Å². The fraction of sp³-hybridized carbons (Fsp3) is 0.143. The summed E-state index contributed by atoms with van der Waals surface area (Å²) in [5, 5.41) is 9.64. The third kappa shape index (κ3) is 2.59. The highest BCUT2D eigenvalue weighted by molar-refractivity contribution is 9.08. The number of benzene rings is 1. The lowest BCUT2D eigenvalue weighted by molar-refractivity contribution is 0.631. The van der Waals surface area contributed by atoms with Crippen LogP contribution in [0.4, 0.5) is 4.39 Å². The molecule has 0 radical (unpaired) electrons. The number of hydrogen-bond donors (Lipinski definition) is 1. The summed E-state index contributed by atoms with van der Waals surface area (Å²) in [4.78, 5) is 14.3. The van der Waals surface area contributed by atoms with Gasteiger partial charge in [0.25, 0.3) is 5.56 Å². The number of halogens is 2. The fourth-order valence-electron chi connectivity index (χ4n) is 1.87. The first-order valence-corrected chi connectivity index (χ1v) is 6.67. The van der Waals surface area contributed by atoms with E-state index in [-0.39, 0.29) is 11.1 Å². The SMILES string of the molecule is Cc1cc(-c2cc(CBr)ccc2F)c(C#N)c(=O)[nH]1. The van der Waals surface area contributed by atoms with E-state index < -0.39 is 11.4 Å². The molecule has 0 atom stereocenters. The average molecular weight is 321 g/mol. The van der Waals surface area contributed by atoms with E-state index in [9.17, 15) is 9.18 Å². The second-order valence-corrected chi connectivity index (χ2v) is 4.69. The number of hydrogen-bond acceptors (Lipinski definition) is 2. The van der Waals surface area contributed by atoms with Gasteiger partial charge in [0.2, 0.25) is 0 Å². The number of aromatic nitrogens is 1. The first kappa shape index (κ1) is 13.5. The number of H-pyrrole nitrogens is 1.